The van der Waals surface area contributed by atoms with Crippen LogP contribution in [0.4, 0.5) is 0 Å². The van der Waals surface area contributed by atoms with Gasteiger partial charge in [0.25, 0.3) is 0 Å². The highest BCUT2D eigenvalue weighted by atomic mass is 35.5. The fourth-order valence-corrected chi connectivity index (χ4v) is 7.75. The summed E-state index contributed by atoms with van der Waals surface area (Å²) in [5.74, 6) is 0.186. The second-order valence-corrected chi connectivity index (χ2v) is 12.5. The van der Waals surface area contributed by atoms with E-state index in [1.807, 2.05) is 19.9 Å². The molecule has 0 radical (unpaired) electrons. The average Bonchev–Trinajstić information content (AvgIpc) is 3.13. The van der Waals surface area contributed by atoms with E-state index in [1.165, 1.54) is 24.3 Å². The summed E-state index contributed by atoms with van der Waals surface area (Å²) in [5, 5.41) is 27.9. The molecule has 1 heterocycles. The highest BCUT2D eigenvalue weighted by Crippen LogP contribution is 2.36. The fraction of sp³-hybridized carbons (Fsp3) is 0.381. The lowest BCUT2D eigenvalue weighted by Gasteiger charge is -2.26. The molecule has 1 aliphatic rings. The number of halogens is 1. The van der Waals surface area contributed by atoms with Gasteiger partial charge in [-0.1, -0.05) is 37.6 Å². The van der Waals surface area contributed by atoms with E-state index in [0.29, 0.717) is 0 Å². The van der Waals surface area contributed by atoms with Gasteiger partial charge in [-0.15, -0.1) is 0 Å². The largest absolute Gasteiger partial charge is 0.393 e. The third kappa shape index (κ3) is 4.29. The smallest absolute Gasteiger partial charge is 0.244 e. The average molecular weight is 499 g/mol. The van der Waals surface area contributed by atoms with Crippen LogP contribution in [0.25, 0.3) is 0 Å². The summed E-state index contributed by atoms with van der Waals surface area (Å²) in [4.78, 5) is -0.396. The van der Waals surface area contributed by atoms with Gasteiger partial charge in [0.15, 0.2) is 9.84 Å². The van der Waals surface area contributed by atoms with Crippen molar-refractivity contribution in [3.8, 4) is 6.07 Å². The summed E-state index contributed by atoms with van der Waals surface area (Å²) in [5.41, 5.74) is -1.12. The number of sulfonamides is 1. The zero-order chi connectivity index (χ0) is 23.9. The van der Waals surface area contributed by atoms with Gasteiger partial charge in [0.1, 0.15) is 15.7 Å². The fourth-order valence-electron chi connectivity index (χ4n) is 3.67. The summed E-state index contributed by atoms with van der Waals surface area (Å²) in [6.07, 6.45) is 0. The van der Waals surface area contributed by atoms with Gasteiger partial charge < -0.3 is 10.2 Å². The van der Waals surface area contributed by atoms with Gasteiger partial charge in [0.05, 0.1) is 28.2 Å². The van der Waals surface area contributed by atoms with Crippen molar-refractivity contribution in [1.82, 2.24) is 4.31 Å². The van der Waals surface area contributed by atoms with E-state index in [-0.39, 0.29) is 26.3 Å². The molecule has 2 N–H and O–H groups in total. The number of aliphatic hydroxyl groups excluding tert-OH is 1. The van der Waals surface area contributed by atoms with Crippen LogP contribution in [0.2, 0.25) is 5.02 Å². The van der Waals surface area contributed by atoms with Crippen LogP contribution in [0.1, 0.15) is 30.9 Å². The van der Waals surface area contributed by atoms with Gasteiger partial charge >= 0.3 is 0 Å². The third-order valence-corrected chi connectivity index (χ3v) is 10.2. The van der Waals surface area contributed by atoms with Crippen molar-refractivity contribution in [1.29, 1.82) is 5.26 Å². The monoisotopic (exact) mass is 498 g/mol. The first-order valence-corrected chi connectivity index (χ1v) is 13.1. The SMILES string of the molecule is CC(C)c1ccc(S(=O)(=O)C2CN(S(=O)(=O)c3ccc(C#N)cc3Cl)C[C@@]2(O)CO)cc1. The molecule has 1 unspecified atom stereocenters. The molecule has 2 atom stereocenters. The number of nitriles is 1. The van der Waals surface area contributed by atoms with Crippen LogP contribution in [-0.2, 0) is 19.9 Å². The lowest BCUT2D eigenvalue weighted by Crippen LogP contribution is -2.49. The minimum atomic E-state index is -4.31. The third-order valence-electron chi connectivity index (χ3n) is 5.62. The lowest BCUT2D eigenvalue weighted by molar-refractivity contribution is 0.00160. The Morgan fingerprint density at radius 3 is 2.31 bits per heavy atom. The highest BCUT2D eigenvalue weighted by molar-refractivity contribution is 7.92. The van der Waals surface area contributed by atoms with Crippen molar-refractivity contribution < 1.29 is 27.0 Å². The molecule has 2 aromatic carbocycles. The highest BCUT2D eigenvalue weighted by Gasteiger charge is 2.55. The van der Waals surface area contributed by atoms with Crippen LogP contribution in [0.3, 0.4) is 0 Å². The molecule has 11 heteroatoms. The Labute approximate surface area is 192 Å². The topological polar surface area (TPSA) is 136 Å². The second-order valence-electron chi connectivity index (χ2n) is 8.07. The zero-order valence-corrected chi connectivity index (χ0v) is 19.8. The summed E-state index contributed by atoms with van der Waals surface area (Å²) in [6.45, 7) is 1.78. The summed E-state index contributed by atoms with van der Waals surface area (Å²) >= 11 is 6.05. The van der Waals surface area contributed by atoms with E-state index in [9.17, 15) is 27.0 Å². The standard InChI is InChI=1S/C21H23ClN2O6S2/c1-14(2)16-4-6-17(7-5-16)31(27,28)20-11-24(12-21(20,26)13-25)32(29,30)19-8-3-15(10-23)9-18(19)22/h3-9,14,20,25-26H,11-13H2,1-2H3/t20?,21-/m1/s1. The van der Waals surface area contributed by atoms with Crippen LogP contribution in [0.5, 0.6) is 0 Å². The molecule has 0 aromatic heterocycles. The predicted molar refractivity (Wildman–Crippen MR) is 118 cm³/mol. The zero-order valence-electron chi connectivity index (χ0n) is 17.4. The molecular formula is C21H23ClN2O6S2. The van der Waals surface area contributed by atoms with Crippen molar-refractivity contribution in [2.45, 2.75) is 40.4 Å². The van der Waals surface area contributed by atoms with E-state index >= 15 is 0 Å². The molecule has 0 amide bonds. The van der Waals surface area contributed by atoms with Crippen LogP contribution < -0.4 is 0 Å². The maximum Gasteiger partial charge on any atom is 0.244 e. The van der Waals surface area contributed by atoms with Gasteiger partial charge in [-0.3, -0.25) is 0 Å². The van der Waals surface area contributed by atoms with Gasteiger partial charge in [-0.2, -0.15) is 9.57 Å². The molecule has 0 spiro atoms. The molecule has 8 nitrogen and oxygen atoms in total. The van der Waals surface area contributed by atoms with Gasteiger partial charge in [0, 0.05) is 13.1 Å². The number of hydrogen-bond donors (Lipinski definition) is 2. The molecule has 1 aliphatic heterocycles. The number of sulfone groups is 1. The molecule has 32 heavy (non-hydrogen) atoms. The molecule has 1 saturated heterocycles. The molecule has 172 valence electrons. The number of benzene rings is 2. The van der Waals surface area contributed by atoms with E-state index in [1.54, 1.807) is 12.1 Å². The Bertz CT molecular complexity index is 1270. The van der Waals surface area contributed by atoms with E-state index in [4.69, 9.17) is 16.9 Å². The van der Waals surface area contributed by atoms with Crippen molar-refractivity contribution in [2.24, 2.45) is 0 Å². The van der Waals surface area contributed by atoms with Crippen molar-refractivity contribution in [2.75, 3.05) is 19.7 Å². The predicted octanol–water partition coefficient (Wildman–Crippen LogP) is 1.91. The minimum Gasteiger partial charge on any atom is -0.393 e. The molecule has 1 fully saturated rings. The van der Waals surface area contributed by atoms with Crippen molar-refractivity contribution in [3.63, 3.8) is 0 Å². The number of β-amino-alcohol motifs (C(OH)–C–C–N with tert-alkyl or cyclic N) is 1. The first-order chi connectivity index (χ1) is 14.9. The number of rotatable bonds is 6. The number of hydrogen-bond acceptors (Lipinski definition) is 7. The molecular weight excluding hydrogens is 476 g/mol. The Balaban J connectivity index is 2.00. The van der Waals surface area contributed by atoms with Gasteiger partial charge in [-0.25, -0.2) is 16.8 Å². The van der Waals surface area contributed by atoms with Crippen LogP contribution >= 0.6 is 11.6 Å². The molecule has 0 saturated carbocycles. The Morgan fingerprint density at radius 1 is 1.19 bits per heavy atom. The lowest BCUT2D eigenvalue weighted by atomic mass is 10.0. The summed E-state index contributed by atoms with van der Waals surface area (Å²) < 4.78 is 53.7. The summed E-state index contributed by atoms with van der Waals surface area (Å²) in [7, 11) is -8.50. The van der Waals surface area contributed by atoms with Crippen LogP contribution in [0.15, 0.2) is 52.3 Å². The van der Waals surface area contributed by atoms with E-state index in [2.05, 4.69) is 0 Å². The Morgan fingerprint density at radius 2 is 1.81 bits per heavy atom. The maximum atomic E-state index is 13.3. The molecule has 0 aliphatic carbocycles. The maximum absolute atomic E-state index is 13.3. The van der Waals surface area contributed by atoms with E-state index in [0.717, 1.165) is 15.9 Å². The summed E-state index contributed by atoms with van der Waals surface area (Å²) in [6, 6.07) is 11.6. The normalized spacial score (nSPS) is 22.2. The Hall–Kier alpha value is -2.00. The molecule has 2 aromatic rings. The molecule has 0 bridgehead atoms. The van der Waals surface area contributed by atoms with E-state index < -0.39 is 50.4 Å². The first-order valence-electron chi connectivity index (χ1n) is 9.73. The number of aliphatic hydroxyl groups is 2. The number of nitrogens with zero attached hydrogens (tertiary/aromatic N) is 2. The Kier molecular flexibility index (Phi) is 6.73. The minimum absolute atomic E-state index is 0.0746. The first kappa shape index (κ1) is 24.6. The molecule has 3 rings (SSSR count). The quantitative estimate of drug-likeness (QED) is 0.620. The van der Waals surface area contributed by atoms with Crippen molar-refractivity contribution in [3.05, 3.63) is 58.6 Å². The second kappa shape index (κ2) is 8.74. The van der Waals surface area contributed by atoms with Crippen molar-refractivity contribution >= 4 is 31.5 Å². The van der Waals surface area contributed by atoms with Gasteiger partial charge in [0.2, 0.25) is 10.0 Å². The van der Waals surface area contributed by atoms with Crippen LogP contribution in [-0.4, -0.2) is 61.9 Å². The van der Waals surface area contributed by atoms with Crippen LogP contribution in [0, 0.1) is 11.3 Å². The van der Waals surface area contributed by atoms with Gasteiger partial charge in [-0.05, 0) is 41.8 Å².